The topological polar surface area (TPSA) is 84.8 Å². The van der Waals surface area contributed by atoms with Gasteiger partial charge in [0, 0.05) is 24.9 Å². The highest BCUT2D eigenvalue weighted by atomic mass is 16.5. The Morgan fingerprint density at radius 3 is 2.59 bits per heavy atom. The van der Waals surface area contributed by atoms with Crippen LogP contribution in [0.25, 0.3) is 22.8 Å². The molecule has 4 rings (SSSR count). The number of carbonyl (C=O) groups is 1. The van der Waals surface area contributed by atoms with Gasteiger partial charge < -0.3 is 15.0 Å². The first-order valence-corrected chi connectivity index (χ1v) is 9.21. The Hall–Kier alpha value is -3.87. The quantitative estimate of drug-likeness (QED) is 0.524. The zero-order valence-electron chi connectivity index (χ0n) is 16.2. The molecule has 0 saturated heterocycles. The summed E-state index contributed by atoms with van der Waals surface area (Å²) in [6.07, 6.45) is 3.65. The van der Waals surface area contributed by atoms with Gasteiger partial charge in [-0.2, -0.15) is 5.10 Å². The number of aromatic nitrogens is 4. The average Bonchev–Trinajstić information content (AvgIpc) is 3.36. The number of nitrogens with zero attached hydrogens (tertiary/aromatic N) is 3. The molecule has 0 aliphatic heterocycles. The van der Waals surface area contributed by atoms with E-state index in [-0.39, 0.29) is 5.91 Å². The van der Waals surface area contributed by atoms with Gasteiger partial charge in [-0.3, -0.25) is 9.48 Å². The van der Waals surface area contributed by atoms with Gasteiger partial charge in [0.15, 0.2) is 11.5 Å². The lowest BCUT2D eigenvalue weighted by Crippen LogP contribution is -2.06. The van der Waals surface area contributed by atoms with E-state index in [0.29, 0.717) is 23.8 Å². The van der Waals surface area contributed by atoms with Crippen molar-refractivity contribution in [2.75, 3.05) is 12.4 Å². The van der Waals surface area contributed by atoms with E-state index in [4.69, 9.17) is 4.74 Å². The van der Waals surface area contributed by atoms with E-state index in [1.54, 1.807) is 11.8 Å². The molecular weight excluding hydrogens is 366 g/mol. The normalized spacial score (nSPS) is 10.7. The first-order chi connectivity index (χ1) is 14.1. The number of methoxy groups -OCH3 is 1. The third-order valence-electron chi connectivity index (χ3n) is 4.45. The van der Waals surface area contributed by atoms with Gasteiger partial charge in [0.2, 0.25) is 5.91 Å². The van der Waals surface area contributed by atoms with E-state index in [2.05, 4.69) is 20.4 Å². The van der Waals surface area contributed by atoms with Crippen molar-refractivity contribution in [3.05, 3.63) is 72.6 Å². The highest BCUT2D eigenvalue weighted by Crippen LogP contribution is 2.27. The van der Waals surface area contributed by atoms with Crippen molar-refractivity contribution < 1.29 is 9.53 Å². The summed E-state index contributed by atoms with van der Waals surface area (Å²) in [5.74, 6) is 1.24. The van der Waals surface area contributed by atoms with Gasteiger partial charge in [0.1, 0.15) is 5.75 Å². The lowest BCUT2D eigenvalue weighted by Gasteiger charge is -2.03. The summed E-state index contributed by atoms with van der Waals surface area (Å²) in [5, 5.41) is 7.50. The Morgan fingerprint density at radius 2 is 1.90 bits per heavy atom. The molecule has 0 aliphatic rings. The van der Waals surface area contributed by atoms with Gasteiger partial charge in [-0.1, -0.05) is 42.5 Å². The molecule has 0 aliphatic carbocycles. The Bertz CT molecular complexity index is 1110. The molecule has 7 nitrogen and oxygen atoms in total. The number of rotatable bonds is 6. The molecule has 4 aromatic rings. The monoisotopic (exact) mass is 387 g/mol. The number of hydrogen-bond acceptors (Lipinski definition) is 4. The molecule has 1 amide bonds. The summed E-state index contributed by atoms with van der Waals surface area (Å²) in [5.41, 5.74) is 4.10. The average molecular weight is 387 g/mol. The molecule has 2 aromatic heterocycles. The number of benzene rings is 2. The van der Waals surface area contributed by atoms with E-state index in [1.807, 2.05) is 67.0 Å². The lowest BCUT2D eigenvalue weighted by atomic mass is 10.2. The van der Waals surface area contributed by atoms with Crippen LogP contribution in [0.5, 0.6) is 5.75 Å². The summed E-state index contributed by atoms with van der Waals surface area (Å²) in [7, 11) is 1.64. The maximum atomic E-state index is 11.7. The minimum Gasteiger partial charge on any atom is -0.497 e. The van der Waals surface area contributed by atoms with Crippen LogP contribution in [0.4, 0.5) is 5.69 Å². The molecule has 0 atom stereocenters. The van der Waals surface area contributed by atoms with Gasteiger partial charge in [-0.05, 0) is 17.7 Å². The summed E-state index contributed by atoms with van der Waals surface area (Å²) in [4.78, 5) is 19.5. The van der Waals surface area contributed by atoms with Crippen LogP contribution in [0.1, 0.15) is 12.5 Å². The Morgan fingerprint density at radius 1 is 1.14 bits per heavy atom. The smallest absolute Gasteiger partial charge is 0.221 e. The third-order valence-corrected chi connectivity index (χ3v) is 4.45. The van der Waals surface area contributed by atoms with Crippen molar-refractivity contribution in [2.45, 2.75) is 13.5 Å². The van der Waals surface area contributed by atoms with Gasteiger partial charge >= 0.3 is 0 Å². The highest BCUT2D eigenvalue weighted by molar-refractivity contribution is 5.92. The zero-order chi connectivity index (χ0) is 20.2. The predicted molar refractivity (Wildman–Crippen MR) is 112 cm³/mol. The van der Waals surface area contributed by atoms with E-state index in [0.717, 1.165) is 22.6 Å². The molecule has 0 unspecified atom stereocenters. The molecule has 2 aromatic carbocycles. The number of nitrogens with one attached hydrogen (secondary N) is 2. The van der Waals surface area contributed by atoms with Crippen LogP contribution in [0.2, 0.25) is 0 Å². The second kappa shape index (κ2) is 8.02. The van der Waals surface area contributed by atoms with Gasteiger partial charge in [-0.15, -0.1) is 0 Å². The van der Waals surface area contributed by atoms with E-state index in [9.17, 15) is 4.79 Å². The Balaban J connectivity index is 1.65. The van der Waals surface area contributed by atoms with Crippen LogP contribution >= 0.6 is 0 Å². The first kappa shape index (κ1) is 18.5. The summed E-state index contributed by atoms with van der Waals surface area (Å²) in [6.45, 7) is 2.03. The van der Waals surface area contributed by atoms with E-state index in [1.165, 1.54) is 6.92 Å². The van der Waals surface area contributed by atoms with Crippen molar-refractivity contribution in [3.63, 3.8) is 0 Å². The molecular formula is C22H21N5O2. The van der Waals surface area contributed by atoms with E-state index < -0.39 is 0 Å². The van der Waals surface area contributed by atoms with Gasteiger partial charge in [0.25, 0.3) is 0 Å². The number of anilines is 1. The van der Waals surface area contributed by atoms with Gasteiger partial charge in [0.05, 0.1) is 25.0 Å². The third kappa shape index (κ3) is 4.19. The number of H-pyrrole nitrogens is 1. The Kier molecular flexibility index (Phi) is 5.11. The molecule has 0 fully saturated rings. The molecule has 0 bridgehead atoms. The number of carbonyl (C=O) groups excluding carboxylic acids is 1. The number of hydrogen-bond donors (Lipinski definition) is 2. The maximum absolute atomic E-state index is 11.7. The minimum atomic E-state index is -0.162. The van der Waals surface area contributed by atoms with Crippen molar-refractivity contribution in [1.82, 2.24) is 19.7 Å². The SMILES string of the molecule is COc1ccc(Cn2cc(NC(C)=O)c(-c3nc(-c4ccccc4)c[nH]3)n2)cc1. The maximum Gasteiger partial charge on any atom is 0.221 e. The summed E-state index contributed by atoms with van der Waals surface area (Å²) < 4.78 is 6.99. The molecule has 0 spiro atoms. The van der Waals surface area contributed by atoms with Gasteiger partial charge in [-0.25, -0.2) is 4.98 Å². The van der Waals surface area contributed by atoms with Crippen molar-refractivity contribution in [1.29, 1.82) is 0 Å². The van der Waals surface area contributed by atoms with Crippen LogP contribution in [0.3, 0.4) is 0 Å². The lowest BCUT2D eigenvalue weighted by molar-refractivity contribution is -0.114. The first-order valence-electron chi connectivity index (χ1n) is 9.21. The fraction of sp³-hybridized carbons (Fsp3) is 0.136. The highest BCUT2D eigenvalue weighted by Gasteiger charge is 2.16. The number of amides is 1. The second-order valence-electron chi connectivity index (χ2n) is 6.62. The fourth-order valence-corrected chi connectivity index (χ4v) is 3.08. The predicted octanol–water partition coefficient (Wildman–Crippen LogP) is 3.96. The van der Waals surface area contributed by atoms with Crippen LogP contribution < -0.4 is 10.1 Å². The molecule has 0 saturated carbocycles. The molecule has 2 N–H and O–H groups in total. The molecule has 7 heteroatoms. The van der Waals surface area contributed by atoms with Crippen LogP contribution in [-0.4, -0.2) is 32.8 Å². The molecule has 146 valence electrons. The summed E-state index contributed by atoms with van der Waals surface area (Å²) in [6, 6.07) is 17.7. The van der Waals surface area contributed by atoms with Crippen molar-refractivity contribution in [2.24, 2.45) is 0 Å². The molecule has 2 heterocycles. The molecule has 0 radical (unpaired) electrons. The zero-order valence-corrected chi connectivity index (χ0v) is 16.2. The number of aromatic amines is 1. The summed E-state index contributed by atoms with van der Waals surface area (Å²) >= 11 is 0. The van der Waals surface area contributed by atoms with Crippen molar-refractivity contribution in [3.8, 4) is 28.5 Å². The molecule has 29 heavy (non-hydrogen) atoms. The van der Waals surface area contributed by atoms with Crippen LogP contribution in [0.15, 0.2) is 67.0 Å². The van der Waals surface area contributed by atoms with E-state index >= 15 is 0 Å². The standard InChI is InChI=1S/C22H21N5O2/c1-15(28)24-20-14-27(13-16-8-10-18(29-2)11-9-16)26-21(20)22-23-12-19(25-22)17-6-4-3-5-7-17/h3-12,14H,13H2,1-2H3,(H,23,25)(H,24,28). The van der Waals surface area contributed by atoms with Crippen LogP contribution in [-0.2, 0) is 11.3 Å². The Labute approximate surface area is 168 Å². The second-order valence-corrected chi connectivity index (χ2v) is 6.62. The number of imidazole rings is 1. The van der Waals surface area contributed by atoms with Crippen molar-refractivity contribution >= 4 is 11.6 Å². The largest absolute Gasteiger partial charge is 0.497 e. The minimum absolute atomic E-state index is 0.162. The number of ether oxygens (including phenoxy) is 1. The van der Waals surface area contributed by atoms with Crippen LogP contribution in [0, 0.1) is 0 Å². The fourth-order valence-electron chi connectivity index (χ4n) is 3.08.